The van der Waals surface area contributed by atoms with Crippen LogP contribution in [-0.4, -0.2) is 33.0 Å². The summed E-state index contributed by atoms with van der Waals surface area (Å²) in [6.45, 7) is 0. The number of rotatable bonds is 7. The van der Waals surface area contributed by atoms with Crippen molar-refractivity contribution in [3.8, 4) is 0 Å². The first-order valence-electron chi connectivity index (χ1n) is 8.57. The molecular formula is C20H19N3O4. The Morgan fingerprint density at radius 2 is 1.78 bits per heavy atom. The van der Waals surface area contributed by atoms with Crippen molar-refractivity contribution < 1.29 is 14.7 Å². The number of fused-ring (bicyclic) bond motifs is 1. The summed E-state index contributed by atoms with van der Waals surface area (Å²) < 4.78 is 0. The molecule has 138 valence electrons. The topological polar surface area (TPSA) is 112 Å². The highest BCUT2D eigenvalue weighted by molar-refractivity contribution is 5.84. The van der Waals surface area contributed by atoms with E-state index in [9.17, 15) is 19.5 Å². The van der Waals surface area contributed by atoms with Gasteiger partial charge in [0.15, 0.2) is 0 Å². The molecule has 2 aromatic carbocycles. The number of hydrogen-bond acceptors (Lipinski definition) is 4. The maximum absolute atomic E-state index is 12.2. The predicted octanol–water partition coefficient (Wildman–Crippen LogP) is 1.67. The Labute approximate surface area is 155 Å². The Morgan fingerprint density at radius 3 is 2.52 bits per heavy atom. The summed E-state index contributed by atoms with van der Waals surface area (Å²) in [6.07, 6.45) is 0.299. The highest BCUT2D eigenvalue weighted by atomic mass is 16.4. The summed E-state index contributed by atoms with van der Waals surface area (Å²) in [4.78, 5) is 42.7. The van der Waals surface area contributed by atoms with Crippen LogP contribution in [0.15, 0.2) is 59.4 Å². The van der Waals surface area contributed by atoms with Gasteiger partial charge in [0.05, 0.1) is 11.0 Å². The van der Waals surface area contributed by atoms with Crippen LogP contribution in [0.2, 0.25) is 0 Å². The summed E-state index contributed by atoms with van der Waals surface area (Å²) in [5, 5.41) is 11.9. The number of aryl methyl sites for hydroxylation is 1. The third-order valence-corrected chi connectivity index (χ3v) is 4.17. The summed E-state index contributed by atoms with van der Waals surface area (Å²) in [5.41, 5.74) is 1.99. The van der Waals surface area contributed by atoms with Crippen molar-refractivity contribution in [2.75, 3.05) is 0 Å². The third-order valence-electron chi connectivity index (χ3n) is 4.17. The van der Waals surface area contributed by atoms with Gasteiger partial charge in [0.25, 0.3) is 5.56 Å². The molecule has 3 aromatic rings. The van der Waals surface area contributed by atoms with Crippen molar-refractivity contribution in [2.45, 2.75) is 25.3 Å². The van der Waals surface area contributed by atoms with Crippen LogP contribution in [0, 0.1) is 0 Å². The average molecular weight is 365 g/mol. The summed E-state index contributed by atoms with van der Waals surface area (Å²) in [5.74, 6) is -1.54. The summed E-state index contributed by atoms with van der Waals surface area (Å²) >= 11 is 0. The molecule has 0 saturated carbocycles. The Kier molecular flexibility index (Phi) is 5.61. The number of aliphatic carboxylic acids is 1. The molecule has 1 amide bonds. The van der Waals surface area contributed by atoms with E-state index in [0.717, 1.165) is 5.56 Å². The van der Waals surface area contributed by atoms with Gasteiger partial charge in [-0.25, -0.2) is 9.78 Å². The second kappa shape index (κ2) is 8.27. The van der Waals surface area contributed by atoms with Crippen LogP contribution in [0.3, 0.4) is 0 Å². The van der Waals surface area contributed by atoms with Gasteiger partial charge in [-0.3, -0.25) is 9.59 Å². The molecule has 7 nitrogen and oxygen atoms in total. The molecule has 1 unspecified atom stereocenters. The number of benzene rings is 2. The lowest BCUT2D eigenvalue weighted by molar-refractivity contribution is -0.141. The quantitative estimate of drug-likeness (QED) is 0.590. The van der Waals surface area contributed by atoms with E-state index in [0.29, 0.717) is 11.0 Å². The molecule has 0 aliphatic carbocycles. The van der Waals surface area contributed by atoms with Crippen molar-refractivity contribution in [1.29, 1.82) is 0 Å². The Balaban J connectivity index is 1.63. The van der Waals surface area contributed by atoms with Gasteiger partial charge in [-0.2, -0.15) is 0 Å². The molecule has 0 saturated heterocycles. The average Bonchev–Trinajstić information content (AvgIpc) is 2.66. The lowest BCUT2D eigenvalue weighted by Gasteiger charge is -2.14. The number of aromatic amines is 1. The number of H-pyrrole nitrogens is 1. The molecule has 0 radical (unpaired) electrons. The molecule has 1 heterocycles. The summed E-state index contributed by atoms with van der Waals surface area (Å²) in [6, 6.07) is 15.2. The fourth-order valence-corrected chi connectivity index (χ4v) is 2.79. The lowest BCUT2D eigenvalue weighted by Crippen LogP contribution is -2.42. The van der Waals surface area contributed by atoms with Crippen LogP contribution in [0.5, 0.6) is 0 Å². The van der Waals surface area contributed by atoms with Crippen LogP contribution >= 0.6 is 0 Å². The number of carbonyl (C=O) groups excluding carboxylic acids is 1. The maximum atomic E-state index is 12.2. The molecule has 0 fully saturated rings. The van der Waals surface area contributed by atoms with Gasteiger partial charge in [-0.05, 0) is 17.7 Å². The van der Waals surface area contributed by atoms with Gasteiger partial charge in [-0.1, -0.05) is 42.5 Å². The third kappa shape index (κ3) is 4.78. The number of nitrogens with zero attached hydrogens (tertiary/aromatic N) is 1. The number of amides is 1. The van der Waals surface area contributed by atoms with E-state index in [4.69, 9.17) is 0 Å². The minimum atomic E-state index is -1.10. The van der Waals surface area contributed by atoms with Gasteiger partial charge in [0.1, 0.15) is 11.7 Å². The largest absolute Gasteiger partial charge is 0.480 e. The van der Waals surface area contributed by atoms with E-state index >= 15 is 0 Å². The zero-order chi connectivity index (χ0) is 19.2. The maximum Gasteiger partial charge on any atom is 0.326 e. The fourth-order valence-electron chi connectivity index (χ4n) is 2.79. The van der Waals surface area contributed by atoms with E-state index < -0.39 is 17.9 Å². The predicted molar refractivity (Wildman–Crippen MR) is 100 cm³/mol. The van der Waals surface area contributed by atoms with Crippen LogP contribution < -0.4 is 10.9 Å². The van der Waals surface area contributed by atoms with Crippen molar-refractivity contribution in [3.63, 3.8) is 0 Å². The first-order valence-corrected chi connectivity index (χ1v) is 8.57. The van der Waals surface area contributed by atoms with Crippen molar-refractivity contribution in [3.05, 3.63) is 76.2 Å². The Morgan fingerprint density at radius 1 is 1.07 bits per heavy atom. The normalized spacial score (nSPS) is 11.9. The highest BCUT2D eigenvalue weighted by Gasteiger charge is 2.20. The molecule has 0 aliphatic heterocycles. The van der Waals surface area contributed by atoms with Crippen LogP contribution in [0.4, 0.5) is 0 Å². The molecule has 1 atom stereocenters. The van der Waals surface area contributed by atoms with E-state index in [2.05, 4.69) is 15.3 Å². The van der Waals surface area contributed by atoms with E-state index in [1.165, 1.54) is 0 Å². The minimum Gasteiger partial charge on any atom is -0.480 e. The number of para-hydroxylation sites is 2. The first kappa shape index (κ1) is 18.3. The molecule has 3 N–H and O–H groups in total. The SMILES string of the molecule is O=C(CCc1nc2ccccc2[nH]c1=O)NC(Cc1ccccc1)C(=O)O. The smallest absolute Gasteiger partial charge is 0.326 e. The van der Waals surface area contributed by atoms with Crippen LogP contribution in [0.1, 0.15) is 17.7 Å². The molecular weight excluding hydrogens is 346 g/mol. The first-order chi connectivity index (χ1) is 13.0. The van der Waals surface area contributed by atoms with Crippen LogP contribution in [-0.2, 0) is 22.4 Å². The minimum absolute atomic E-state index is 0.0208. The number of carbonyl (C=O) groups is 2. The number of carboxylic acid groups (broad SMARTS) is 1. The van der Waals surface area contributed by atoms with Gasteiger partial charge in [0.2, 0.25) is 5.91 Å². The second-order valence-electron chi connectivity index (χ2n) is 6.18. The fraction of sp³-hybridized carbons (Fsp3) is 0.200. The van der Waals surface area contributed by atoms with E-state index in [1.54, 1.807) is 30.3 Å². The molecule has 0 bridgehead atoms. The van der Waals surface area contributed by atoms with Crippen molar-refractivity contribution in [1.82, 2.24) is 15.3 Å². The van der Waals surface area contributed by atoms with Gasteiger partial charge < -0.3 is 15.4 Å². The molecule has 0 aliphatic rings. The second-order valence-corrected chi connectivity index (χ2v) is 6.18. The Bertz CT molecular complexity index is 1010. The van der Waals surface area contributed by atoms with Crippen molar-refractivity contribution >= 4 is 22.9 Å². The zero-order valence-electron chi connectivity index (χ0n) is 14.5. The molecule has 1 aromatic heterocycles. The summed E-state index contributed by atoms with van der Waals surface area (Å²) in [7, 11) is 0. The molecule has 7 heteroatoms. The highest BCUT2D eigenvalue weighted by Crippen LogP contribution is 2.07. The zero-order valence-corrected chi connectivity index (χ0v) is 14.5. The van der Waals surface area contributed by atoms with Gasteiger partial charge in [0, 0.05) is 19.3 Å². The number of hydrogen-bond donors (Lipinski definition) is 3. The van der Waals surface area contributed by atoms with Gasteiger partial charge >= 0.3 is 5.97 Å². The van der Waals surface area contributed by atoms with Gasteiger partial charge in [-0.15, -0.1) is 0 Å². The molecule has 27 heavy (non-hydrogen) atoms. The molecule has 0 spiro atoms. The lowest BCUT2D eigenvalue weighted by atomic mass is 10.1. The van der Waals surface area contributed by atoms with E-state index in [-0.39, 0.29) is 30.5 Å². The number of carboxylic acids is 1. The van der Waals surface area contributed by atoms with Crippen LogP contribution in [0.25, 0.3) is 11.0 Å². The Hall–Kier alpha value is -3.48. The monoisotopic (exact) mass is 365 g/mol. The van der Waals surface area contributed by atoms with Crippen molar-refractivity contribution in [2.24, 2.45) is 0 Å². The number of nitrogens with one attached hydrogen (secondary N) is 2. The van der Waals surface area contributed by atoms with E-state index in [1.807, 2.05) is 24.3 Å². The number of aromatic nitrogens is 2. The molecule has 3 rings (SSSR count). The standard InChI is InChI=1S/C20H19N3O4/c24-18(22-17(20(26)27)12-13-6-2-1-3-7-13)11-10-16-19(25)23-15-9-5-4-8-14(15)21-16/h1-9,17H,10-12H2,(H,22,24)(H,23,25)(H,26,27).